The van der Waals surface area contributed by atoms with Crippen LogP contribution in [-0.4, -0.2) is 16.6 Å². The Bertz CT molecular complexity index is 463. The first-order chi connectivity index (χ1) is 7.70. The molecule has 1 N–H and O–H groups in total. The van der Waals surface area contributed by atoms with E-state index < -0.39 is 0 Å². The predicted molar refractivity (Wildman–Crippen MR) is 70.7 cm³/mol. The summed E-state index contributed by atoms with van der Waals surface area (Å²) in [5.41, 5.74) is 0. The van der Waals surface area contributed by atoms with E-state index in [2.05, 4.69) is 42.9 Å². The molecule has 0 radical (unpaired) electrons. The van der Waals surface area contributed by atoms with E-state index in [-0.39, 0.29) is 0 Å². The predicted octanol–water partition coefficient (Wildman–Crippen LogP) is 2.75. The zero-order chi connectivity index (χ0) is 11.5. The van der Waals surface area contributed by atoms with E-state index in [1.54, 1.807) is 11.3 Å². The molecule has 0 aliphatic rings. The van der Waals surface area contributed by atoms with Crippen molar-refractivity contribution in [2.75, 3.05) is 7.05 Å². The molecule has 3 nitrogen and oxygen atoms in total. The quantitative estimate of drug-likeness (QED) is 0.941. The summed E-state index contributed by atoms with van der Waals surface area (Å²) in [4.78, 5) is 5.68. The summed E-state index contributed by atoms with van der Waals surface area (Å²) in [5, 5.41) is 3.33. The second kappa shape index (κ2) is 5.12. The van der Waals surface area contributed by atoms with E-state index in [1.807, 2.05) is 26.5 Å². The highest BCUT2D eigenvalue weighted by Crippen LogP contribution is 2.28. The monoisotopic (exact) mass is 299 g/mol. The molecule has 0 spiro atoms. The van der Waals surface area contributed by atoms with Crippen LogP contribution in [0.3, 0.4) is 0 Å². The van der Waals surface area contributed by atoms with Crippen molar-refractivity contribution in [2.24, 2.45) is 7.05 Å². The number of imidazole rings is 1. The third-order valence-electron chi connectivity index (χ3n) is 2.59. The third-order valence-corrected chi connectivity index (χ3v) is 4.33. The number of aryl methyl sites for hydroxylation is 1. The second-order valence-corrected chi connectivity index (χ2v) is 6.14. The SMILES string of the molecule is CNC(Cc1nccn1C)c1ccc(Br)s1. The summed E-state index contributed by atoms with van der Waals surface area (Å²) < 4.78 is 3.23. The topological polar surface area (TPSA) is 29.9 Å². The van der Waals surface area contributed by atoms with Gasteiger partial charge in [0.1, 0.15) is 5.82 Å². The van der Waals surface area contributed by atoms with Gasteiger partial charge in [0.05, 0.1) is 3.79 Å². The van der Waals surface area contributed by atoms with Crippen molar-refractivity contribution in [3.05, 3.63) is 39.0 Å². The maximum absolute atomic E-state index is 4.35. The van der Waals surface area contributed by atoms with Gasteiger partial charge in [-0.15, -0.1) is 11.3 Å². The molecule has 1 atom stereocenters. The van der Waals surface area contributed by atoms with Crippen molar-refractivity contribution in [3.63, 3.8) is 0 Å². The normalized spacial score (nSPS) is 12.9. The molecule has 0 saturated carbocycles. The van der Waals surface area contributed by atoms with E-state index in [4.69, 9.17) is 0 Å². The number of likely N-dealkylation sites (N-methyl/N-ethyl adjacent to an activating group) is 1. The largest absolute Gasteiger partial charge is 0.338 e. The highest BCUT2D eigenvalue weighted by Gasteiger charge is 2.14. The van der Waals surface area contributed by atoms with Crippen LogP contribution >= 0.6 is 27.3 Å². The van der Waals surface area contributed by atoms with Gasteiger partial charge < -0.3 is 9.88 Å². The second-order valence-electron chi connectivity index (χ2n) is 3.64. The van der Waals surface area contributed by atoms with Gasteiger partial charge >= 0.3 is 0 Å². The Balaban J connectivity index is 2.15. The van der Waals surface area contributed by atoms with Crippen LogP contribution in [0.5, 0.6) is 0 Å². The van der Waals surface area contributed by atoms with Crippen molar-refractivity contribution in [2.45, 2.75) is 12.5 Å². The molecule has 86 valence electrons. The summed E-state index contributed by atoms with van der Waals surface area (Å²) in [6, 6.07) is 4.57. The van der Waals surface area contributed by atoms with Crippen molar-refractivity contribution >= 4 is 27.3 Å². The number of nitrogens with zero attached hydrogens (tertiary/aromatic N) is 2. The fourth-order valence-corrected chi connectivity index (χ4v) is 3.17. The van der Waals surface area contributed by atoms with Crippen LogP contribution in [0.2, 0.25) is 0 Å². The summed E-state index contributed by atoms with van der Waals surface area (Å²) in [6.07, 6.45) is 4.73. The van der Waals surface area contributed by atoms with Gasteiger partial charge in [-0.25, -0.2) is 4.98 Å². The summed E-state index contributed by atoms with van der Waals surface area (Å²) >= 11 is 5.26. The fourth-order valence-electron chi connectivity index (χ4n) is 1.64. The number of halogens is 1. The standard InChI is InChI=1S/C11H14BrN3S/c1-13-8(9-3-4-10(12)16-9)7-11-14-5-6-15(11)2/h3-6,8,13H,7H2,1-2H3. The Labute approximate surface area is 108 Å². The molecule has 0 aliphatic carbocycles. The number of hydrogen-bond donors (Lipinski definition) is 1. The van der Waals surface area contributed by atoms with Crippen molar-refractivity contribution < 1.29 is 0 Å². The Morgan fingerprint density at radius 1 is 1.56 bits per heavy atom. The molecule has 1 unspecified atom stereocenters. The van der Waals surface area contributed by atoms with Gasteiger partial charge in [0.15, 0.2) is 0 Å². The van der Waals surface area contributed by atoms with Gasteiger partial charge in [-0.2, -0.15) is 0 Å². The minimum Gasteiger partial charge on any atom is -0.338 e. The van der Waals surface area contributed by atoms with Crippen LogP contribution < -0.4 is 5.32 Å². The van der Waals surface area contributed by atoms with Crippen molar-refractivity contribution in [3.8, 4) is 0 Å². The fraction of sp³-hybridized carbons (Fsp3) is 0.364. The number of nitrogens with one attached hydrogen (secondary N) is 1. The Kier molecular flexibility index (Phi) is 3.78. The van der Waals surface area contributed by atoms with E-state index in [0.717, 1.165) is 12.2 Å². The number of rotatable bonds is 4. The molecule has 16 heavy (non-hydrogen) atoms. The average molecular weight is 300 g/mol. The molecule has 0 aromatic carbocycles. The van der Waals surface area contributed by atoms with Crippen LogP contribution in [0.4, 0.5) is 0 Å². The van der Waals surface area contributed by atoms with Gasteiger partial charge in [0.2, 0.25) is 0 Å². The lowest BCUT2D eigenvalue weighted by molar-refractivity contribution is 0.572. The summed E-state index contributed by atoms with van der Waals surface area (Å²) in [5.74, 6) is 1.10. The van der Waals surface area contributed by atoms with Crippen LogP contribution in [0.15, 0.2) is 28.3 Å². The summed E-state index contributed by atoms with van der Waals surface area (Å²) in [7, 11) is 4.01. The van der Waals surface area contributed by atoms with Crippen LogP contribution in [0, 0.1) is 0 Å². The van der Waals surface area contributed by atoms with E-state index in [0.29, 0.717) is 6.04 Å². The first kappa shape index (κ1) is 11.8. The molecule has 5 heteroatoms. The average Bonchev–Trinajstić information content (AvgIpc) is 2.85. The van der Waals surface area contributed by atoms with E-state index >= 15 is 0 Å². The molecular formula is C11H14BrN3S. The Hall–Kier alpha value is -0.650. The van der Waals surface area contributed by atoms with Gasteiger partial charge in [-0.05, 0) is 35.1 Å². The van der Waals surface area contributed by atoms with Gasteiger partial charge in [-0.1, -0.05) is 0 Å². The lowest BCUT2D eigenvalue weighted by Gasteiger charge is -2.13. The Morgan fingerprint density at radius 2 is 2.38 bits per heavy atom. The molecular weight excluding hydrogens is 286 g/mol. The smallest absolute Gasteiger partial charge is 0.110 e. The number of hydrogen-bond acceptors (Lipinski definition) is 3. The van der Waals surface area contributed by atoms with Gasteiger partial charge in [0, 0.05) is 36.8 Å². The minimum absolute atomic E-state index is 0.331. The van der Waals surface area contributed by atoms with Gasteiger partial charge in [-0.3, -0.25) is 0 Å². The lowest BCUT2D eigenvalue weighted by Crippen LogP contribution is -2.19. The molecule has 0 amide bonds. The zero-order valence-electron chi connectivity index (χ0n) is 9.27. The van der Waals surface area contributed by atoms with Gasteiger partial charge in [0.25, 0.3) is 0 Å². The first-order valence-electron chi connectivity index (χ1n) is 5.09. The van der Waals surface area contributed by atoms with E-state index in [9.17, 15) is 0 Å². The number of aromatic nitrogens is 2. The molecule has 2 aromatic rings. The van der Waals surface area contributed by atoms with Crippen LogP contribution in [0.25, 0.3) is 0 Å². The summed E-state index contributed by atoms with van der Waals surface area (Å²) in [6.45, 7) is 0. The maximum Gasteiger partial charge on any atom is 0.110 e. The maximum atomic E-state index is 4.35. The molecule has 2 rings (SSSR count). The lowest BCUT2D eigenvalue weighted by atomic mass is 10.1. The molecule has 0 saturated heterocycles. The molecule has 0 fully saturated rings. The molecule has 2 aromatic heterocycles. The first-order valence-corrected chi connectivity index (χ1v) is 6.70. The van der Waals surface area contributed by atoms with Crippen LogP contribution in [-0.2, 0) is 13.5 Å². The molecule has 2 heterocycles. The van der Waals surface area contributed by atoms with Crippen molar-refractivity contribution in [1.82, 2.24) is 14.9 Å². The highest BCUT2D eigenvalue weighted by molar-refractivity contribution is 9.11. The Morgan fingerprint density at radius 3 is 2.88 bits per heavy atom. The zero-order valence-corrected chi connectivity index (χ0v) is 11.7. The minimum atomic E-state index is 0.331. The van der Waals surface area contributed by atoms with Crippen molar-refractivity contribution in [1.29, 1.82) is 0 Å². The molecule has 0 bridgehead atoms. The number of thiophene rings is 1. The third kappa shape index (κ3) is 2.53. The van der Waals surface area contributed by atoms with E-state index in [1.165, 1.54) is 8.66 Å². The highest BCUT2D eigenvalue weighted by atomic mass is 79.9. The molecule has 0 aliphatic heterocycles. The van der Waals surface area contributed by atoms with Crippen LogP contribution in [0.1, 0.15) is 16.7 Å².